The van der Waals surface area contributed by atoms with E-state index in [0.717, 1.165) is 26.7 Å². The van der Waals surface area contributed by atoms with Crippen molar-refractivity contribution in [1.29, 1.82) is 0 Å². The summed E-state index contributed by atoms with van der Waals surface area (Å²) in [6.45, 7) is 3.62. The van der Waals surface area contributed by atoms with Crippen LogP contribution in [0.2, 0.25) is 5.02 Å². The zero-order valence-electron chi connectivity index (χ0n) is 18.5. The highest BCUT2D eigenvalue weighted by molar-refractivity contribution is 9.10. The topological polar surface area (TPSA) is 59.6 Å². The van der Waals surface area contributed by atoms with Crippen LogP contribution in [0.1, 0.15) is 18.1 Å². The van der Waals surface area contributed by atoms with Gasteiger partial charge in [0.2, 0.25) is 5.91 Å². The minimum atomic E-state index is -0.0464. The van der Waals surface area contributed by atoms with Crippen LogP contribution in [0.4, 0.5) is 0 Å². The Hall–Kier alpha value is -2.25. The Balaban J connectivity index is 0.00000385. The lowest BCUT2D eigenvalue weighted by molar-refractivity contribution is -0.118. The van der Waals surface area contributed by atoms with Crippen molar-refractivity contribution in [3.05, 3.63) is 81.3 Å². The zero-order valence-corrected chi connectivity index (χ0v) is 21.6. The molecule has 0 unspecified atom stereocenters. The summed E-state index contributed by atoms with van der Waals surface area (Å²) in [7, 11) is 1.62. The number of benzene rings is 3. The molecule has 176 valence electrons. The number of hydrogen-bond donors (Lipinski definition) is 2. The molecule has 0 fully saturated rings. The maximum atomic E-state index is 10.9. The first kappa shape index (κ1) is 27.0. The number of ether oxygens (including phenoxy) is 2. The van der Waals surface area contributed by atoms with E-state index in [0.29, 0.717) is 42.8 Å². The molecular formula is C25H27BrCl2N2O3. The van der Waals surface area contributed by atoms with Gasteiger partial charge in [0.25, 0.3) is 0 Å². The van der Waals surface area contributed by atoms with Gasteiger partial charge in [-0.3, -0.25) is 4.79 Å². The number of hydrogen-bond acceptors (Lipinski definition) is 4. The van der Waals surface area contributed by atoms with E-state index in [2.05, 4.69) is 44.8 Å². The number of rotatable bonds is 10. The minimum absolute atomic E-state index is 0. The smallest absolute Gasteiger partial charge is 0.216 e. The van der Waals surface area contributed by atoms with E-state index in [4.69, 9.17) is 21.1 Å². The average molecular weight is 554 g/mol. The first-order valence-corrected chi connectivity index (χ1v) is 11.4. The molecule has 0 radical (unpaired) electrons. The van der Waals surface area contributed by atoms with Crippen LogP contribution in [0.3, 0.4) is 0 Å². The summed E-state index contributed by atoms with van der Waals surface area (Å²) >= 11 is 10.2. The van der Waals surface area contributed by atoms with Crippen LogP contribution in [0.15, 0.2) is 65.1 Å². The summed E-state index contributed by atoms with van der Waals surface area (Å²) in [4.78, 5) is 10.9. The van der Waals surface area contributed by atoms with Crippen LogP contribution in [0.5, 0.6) is 11.5 Å². The second-order valence-corrected chi connectivity index (χ2v) is 8.39. The Morgan fingerprint density at radius 3 is 2.45 bits per heavy atom. The van der Waals surface area contributed by atoms with Crippen molar-refractivity contribution in [3.8, 4) is 22.6 Å². The Labute approximate surface area is 214 Å². The predicted molar refractivity (Wildman–Crippen MR) is 140 cm³/mol. The molecule has 0 aromatic heterocycles. The van der Waals surface area contributed by atoms with Gasteiger partial charge in [-0.15, -0.1) is 12.4 Å². The second-order valence-electron chi connectivity index (χ2n) is 7.19. The third kappa shape index (κ3) is 7.64. The molecule has 2 N–H and O–H groups in total. The predicted octanol–water partition coefficient (Wildman–Crippen LogP) is 6.00. The van der Waals surface area contributed by atoms with Crippen molar-refractivity contribution in [2.24, 2.45) is 0 Å². The van der Waals surface area contributed by atoms with Crippen LogP contribution in [0.25, 0.3) is 11.1 Å². The summed E-state index contributed by atoms with van der Waals surface area (Å²) in [5.41, 5.74) is 4.18. The molecule has 33 heavy (non-hydrogen) atoms. The molecule has 0 atom stereocenters. The van der Waals surface area contributed by atoms with E-state index in [9.17, 15) is 4.79 Å². The summed E-state index contributed by atoms with van der Waals surface area (Å²) in [6, 6.07) is 20.0. The monoisotopic (exact) mass is 552 g/mol. The first-order valence-electron chi connectivity index (χ1n) is 10.3. The minimum Gasteiger partial charge on any atom is -0.496 e. The van der Waals surface area contributed by atoms with Gasteiger partial charge in [-0.1, -0.05) is 60.1 Å². The third-order valence-corrected chi connectivity index (χ3v) is 6.10. The van der Waals surface area contributed by atoms with Crippen LogP contribution < -0.4 is 20.1 Å². The van der Waals surface area contributed by atoms with Gasteiger partial charge in [0, 0.05) is 48.2 Å². The highest BCUT2D eigenvalue weighted by atomic mass is 79.9. The second kappa shape index (κ2) is 13.5. The molecule has 0 saturated heterocycles. The lowest BCUT2D eigenvalue weighted by Crippen LogP contribution is -2.29. The van der Waals surface area contributed by atoms with Crippen LogP contribution in [-0.2, 0) is 17.9 Å². The molecule has 0 aliphatic carbocycles. The lowest BCUT2D eigenvalue weighted by atomic mass is 10.0. The van der Waals surface area contributed by atoms with E-state index in [1.165, 1.54) is 6.92 Å². The molecule has 3 aromatic rings. The van der Waals surface area contributed by atoms with Gasteiger partial charge in [0.05, 0.1) is 12.1 Å². The Bertz CT molecular complexity index is 1070. The molecule has 1 amide bonds. The molecule has 0 aliphatic heterocycles. The molecule has 8 heteroatoms. The molecule has 0 heterocycles. The summed E-state index contributed by atoms with van der Waals surface area (Å²) < 4.78 is 12.6. The summed E-state index contributed by atoms with van der Waals surface area (Å²) in [5.74, 6) is 1.20. The van der Waals surface area contributed by atoms with Gasteiger partial charge < -0.3 is 20.1 Å². The summed E-state index contributed by atoms with van der Waals surface area (Å²) in [6.07, 6.45) is 0. The fraction of sp³-hybridized carbons (Fsp3) is 0.240. The first-order chi connectivity index (χ1) is 15.5. The largest absolute Gasteiger partial charge is 0.496 e. The average Bonchev–Trinajstić information content (AvgIpc) is 2.79. The Morgan fingerprint density at radius 1 is 1.00 bits per heavy atom. The molecule has 0 spiro atoms. The fourth-order valence-corrected chi connectivity index (χ4v) is 4.10. The van der Waals surface area contributed by atoms with Gasteiger partial charge in [0.1, 0.15) is 18.1 Å². The zero-order chi connectivity index (χ0) is 22.9. The maximum Gasteiger partial charge on any atom is 0.216 e. The SMILES string of the molecule is COc1cc(OCc2cccc(-c3ccccc3)c2Br)c(Cl)cc1CNCCNC(C)=O.Cl. The van der Waals surface area contributed by atoms with Crippen molar-refractivity contribution in [2.45, 2.75) is 20.1 Å². The number of methoxy groups -OCH3 is 1. The lowest BCUT2D eigenvalue weighted by Gasteiger charge is -2.16. The highest BCUT2D eigenvalue weighted by Crippen LogP contribution is 2.35. The molecule has 0 bridgehead atoms. The van der Waals surface area contributed by atoms with Gasteiger partial charge in [0.15, 0.2) is 0 Å². The molecule has 0 aliphatic rings. The standard InChI is InChI=1S/C25H26BrClN2O3.ClH/c1-17(30)29-12-11-28-15-20-13-22(27)24(14-23(20)31-2)32-16-19-9-6-10-21(25(19)26)18-7-4-3-5-8-18;/h3-10,13-14,28H,11-12,15-16H2,1-2H3,(H,29,30);1H. The van der Waals surface area contributed by atoms with Crippen LogP contribution in [0, 0.1) is 0 Å². The Kier molecular flexibility index (Phi) is 11.0. The van der Waals surface area contributed by atoms with E-state index in [-0.39, 0.29) is 18.3 Å². The van der Waals surface area contributed by atoms with Gasteiger partial charge >= 0.3 is 0 Å². The van der Waals surface area contributed by atoms with Gasteiger partial charge in [-0.2, -0.15) is 0 Å². The molecule has 5 nitrogen and oxygen atoms in total. The van der Waals surface area contributed by atoms with Gasteiger partial charge in [-0.05, 0) is 33.1 Å². The number of carbonyl (C=O) groups excluding carboxylic acids is 1. The van der Waals surface area contributed by atoms with Crippen LogP contribution in [-0.4, -0.2) is 26.1 Å². The maximum absolute atomic E-state index is 10.9. The van der Waals surface area contributed by atoms with Crippen LogP contribution >= 0.6 is 39.9 Å². The highest BCUT2D eigenvalue weighted by Gasteiger charge is 2.13. The Morgan fingerprint density at radius 2 is 1.76 bits per heavy atom. The van der Waals surface area contributed by atoms with E-state index < -0.39 is 0 Å². The van der Waals surface area contributed by atoms with E-state index >= 15 is 0 Å². The normalized spacial score (nSPS) is 10.3. The van der Waals surface area contributed by atoms with E-state index in [1.807, 2.05) is 42.5 Å². The van der Waals surface area contributed by atoms with Gasteiger partial charge in [-0.25, -0.2) is 0 Å². The van der Waals surface area contributed by atoms with Crippen molar-refractivity contribution in [3.63, 3.8) is 0 Å². The quantitative estimate of drug-likeness (QED) is 0.302. The number of halogens is 3. The van der Waals surface area contributed by atoms with Crippen molar-refractivity contribution in [1.82, 2.24) is 10.6 Å². The summed E-state index contributed by atoms with van der Waals surface area (Å²) in [5, 5.41) is 6.53. The number of carbonyl (C=O) groups is 1. The molecule has 3 aromatic carbocycles. The number of nitrogens with one attached hydrogen (secondary N) is 2. The fourth-order valence-electron chi connectivity index (χ4n) is 3.25. The molecule has 3 rings (SSSR count). The molecular weight excluding hydrogens is 527 g/mol. The van der Waals surface area contributed by atoms with Crippen molar-refractivity contribution >= 4 is 45.8 Å². The number of amides is 1. The molecule has 0 saturated carbocycles. The van der Waals surface area contributed by atoms with Crippen molar-refractivity contribution in [2.75, 3.05) is 20.2 Å². The van der Waals surface area contributed by atoms with E-state index in [1.54, 1.807) is 7.11 Å². The third-order valence-electron chi connectivity index (χ3n) is 4.87. The van der Waals surface area contributed by atoms with Crippen molar-refractivity contribution < 1.29 is 14.3 Å².